The molecule has 3 nitrogen and oxygen atoms in total. The largest absolute Gasteiger partial charge is 0.380 e. The van der Waals surface area contributed by atoms with Crippen LogP contribution in [0.4, 0.5) is 8.78 Å². The van der Waals surface area contributed by atoms with E-state index < -0.39 is 11.6 Å². The molecule has 21 heavy (non-hydrogen) atoms. The highest BCUT2D eigenvalue weighted by Crippen LogP contribution is 2.19. The van der Waals surface area contributed by atoms with Crippen molar-refractivity contribution in [3.8, 4) is 0 Å². The lowest BCUT2D eigenvalue weighted by Gasteiger charge is -2.24. The van der Waals surface area contributed by atoms with E-state index in [1.54, 1.807) is 0 Å². The van der Waals surface area contributed by atoms with Crippen LogP contribution in [0.25, 0.3) is 0 Å². The molecule has 0 heterocycles. The number of likely N-dealkylation sites (N-methyl/N-ethyl adjacent to an activating group) is 1. The van der Waals surface area contributed by atoms with Gasteiger partial charge in [-0.05, 0) is 44.6 Å². The van der Waals surface area contributed by atoms with Gasteiger partial charge in [0.15, 0.2) is 0 Å². The number of halogens is 2. The van der Waals surface area contributed by atoms with E-state index in [-0.39, 0.29) is 6.04 Å². The standard InChI is InChI=1S/C16H26F2N2O/c1-4-20(8-9-21-5-2)7-6-16(19-3)13-10-14(17)12-15(18)11-13/h10-12,16,19H,4-9H2,1-3H3. The Labute approximate surface area is 126 Å². The van der Waals surface area contributed by atoms with Crippen molar-refractivity contribution in [3.05, 3.63) is 35.4 Å². The number of hydrogen-bond donors (Lipinski definition) is 1. The highest BCUT2D eigenvalue weighted by molar-refractivity contribution is 5.21. The van der Waals surface area contributed by atoms with E-state index in [1.807, 2.05) is 14.0 Å². The molecule has 0 fully saturated rings. The van der Waals surface area contributed by atoms with Gasteiger partial charge in [-0.15, -0.1) is 0 Å². The third-order valence-electron chi connectivity index (χ3n) is 3.57. The predicted molar refractivity (Wildman–Crippen MR) is 81.4 cm³/mol. The smallest absolute Gasteiger partial charge is 0.126 e. The van der Waals surface area contributed by atoms with Gasteiger partial charge >= 0.3 is 0 Å². The summed E-state index contributed by atoms with van der Waals surface area (Å²) in [5, 5.41) is 3.13. The van der Waals surface area contributed by atoms with Crippen LogP contribution >= 0.6 is 0 Å². The Bertz CT molecular complexity index is 395. The second-order valence-corrected chi connectivity index (χ2v) is 4.96. The van der Waals surface area contributed by atoms with Gasteiger partial charge in [-0.3, -0.25) is 0 Å². The van der Waals surface area contributed by atoms with Crippen molar-refractivity contribution in [2.24, 2.45) is 0 Å². The van der Waals surface area contributed by atoms with Crippen LogP contribution in [0.2, 0.25) is 0 Å². The maximum Gasteiger partial charge on any atom is 0.126 e. The zero-order valence-electron chi connectivity index (χ0n) is 13.2. The van der Waals surface area contributed by atoms with Gasteiger partial charge in [0, 0.05) is 31.8 Å². The van der Waals surface area contributed by atoms with Crippen LogP contribution in [0.15, 0.2) is 18.2 Å². The van der Waals surface area contributed by atoms with E-state index in [4.69, 9.17) is 4.74 Å². The molecule has 0 saturated carbocycles. The Kier molecular flexibility index (Phi) is 8.42. The maximum atomic E-state index is 13.3. The van der Waals surface area contributed by atoms with Crippen LogP contribution < -0.4 is 5.32 Å². The predicted octanol–water partition coefficient (Wildman–Crippen LogP) is 2.97. The summed E-state index contributed by atoms with van der Waals surface area (Å²) in [7, 11) is 1.81. The van der Waals surface area contributed by atoms with E-state index in [9.17, 15) is 8.78 Å². The van der Waals surface area contributed by atoms with Crippen molar-refractivity contribution in [2.45, 2.75) is 26.3 Å². The second-order valence-electron chi connectivity index (χ2n) is 4.96. The molecular weight excluding hydrogens is 274 g/mol. The summed E-state index contributed by atoms with van der Waals surface area (Å²) >= 11 is 0. The normalized spacial score (nSPS) is 12.9. The Balaban J connectivity index is 2.56. The molecule has 1 N–H and O–H groups in total. The average Bonchev–Trinajstić information content (AvgIpc) is 2.45. The number of ether oxygens (including phenoxy) is 1. The topological polar surface area (TPSA) is 24.5 Å². The first-order valence-electron chi connectivity index (χ1n) is 7.54. The van der Waals surface area contributed by atoms with Gasteiger partial charge in [0.05, 0.1) is 6.61 Å². The summed E-state index contributed by atoms with van der Waals surface area (Å²) in [4.78, 5) is 2.27. The minimum atomic E-state index is -0.533. The van der Waals surface area contributed by atoms with E-state index in [2.05, 4.69) is 17.1 Å². The molecule has 1 unspecified atom stereocenters. The fourth-order valence-electron chi connectivity index (χ4n) is 2.33. The van der Waals surface area contributed by atoms with Crippen molar-refractivity contribution in [1.29, 1.82) is 0 Å². The summed E-state index contributed by atoms with van der Waals surface area (Å²) in [6.45, 7) is 8.17. The zero-order chi connectivity index (χ0) is 15.7. The van der Waals surface area contributed by atoms with Crippen molar-refractivity contribution in [1.82, 2.24) is 10.2 Å². The lowest BCUT2D eigenvalue weighted by molar-refractivity contribution is 0.113. The Hall–Kier alpha value is -1.04. The van der Waals surface area contributed by atoms with Gasteiger partial charge < -0.3 is 15.0 Å². The third kappa shape index (κ3) is 6.50. The molecule has 120 valence electrons. The number of rotatable bonds is 10. The Morgan fingerprint density at radius 1 is 1.14 bits per heavy atom. The maximum absolute atomic E-state index is 13.3. The molecule has 0 aliphatic heterocycles. The van der Waals surface area contributed by atoms with Gasteiger partial charge in [0.2, 0.25) is 0 Å². The lowest BCUT2D eigenvalue weighted by Crippen LogP contribution is -2.31. The summed E-state index contributed by atoms with van der Waals surface area (Å²) < 4.78 is 32.0. The van der Waals surface area contributed by atoms with Crippen molar-refractivity contribution >= 4 is 0 Å². The average molecular weight is 300 g/mol. The fraction of sp³-hybridized carbons (Fsp3) is 0.625. The monoisotopic (exact) mass is 300 g/mol. The molecular formula is C16H26F2N2O. The highest BCUT2D eigenvalue weighted by Gasteiger charge is 2.13. The molecule has 0 bridgehead atoms. The molecule has 0 aliphatic rings. The van der Waals surface area contributed by atoms with Crippen LogP contribution in [0.5, 0.6) is 0 Å². The van der Waals surface area contributed by atoms with Gasteiger partial charge in [-0.2, -0.15) is 0 Å². The molecule has 0 spiro atoms. The first kappa shape index (κ1) is 18.0. The van der Waals surface area contributed by atoms with E-state index in [0.29, 0.717) is 12.2 Å². The van der Waals surface area contributed by atoms with Gasteiger partial charge in [-0.1, -0.05) is 6.92 Å². The molecule has 0 saturated heterocycles. The first-order chi connectivity index (χ1) is 10.1. The minimum absolute atomic E-state index is 0.0589. The van der Waals surface area contributed by atoms with Crippen LogP contribution in [-0.4, -0.2) is 44.8 Å². The van der Waals surface area contributed by atoms with Gasteiger partial charge in [-0.25, -0.2) is 8.78 Å². The van der Waals surface area contributed by atoms with Crippen LogP contribution in [-0.2, 0) is 4.74 Å². The molecule has 0 radical (unpaired) electrons. The molecule has 1 atom stereocenters. The summed E-state index contributed by atoms with van der Waals surface area (Å²) in [5.41, 5.74) is 0.649. The number of nitrogens with zero attached hydrogens (tertiary/aromatic N) is 1. The Morgan fingerprint density at radius 3 is 2.33 bits per heavy atom. The summed E-state index contributed by atoms with van der Waals surface area (Å²) in [5.74, 6) is -1.07. The van der Waals surface area contributed by atoms with Crippen molar-refractivity contribution in [3.63, 3.8) is 0 Å². The van der Waals surface area contributed by atoms with Gasteiger partial charge in [0.1, 0.15) is 11.6 Å². The highest BCUT2D eigenvalue weighted by atomic mass is 19.1. The summed E-state index contributed by atoms with van der Waals surface area (Å²) in [6, 6.07) is 3.62. The van der Waals surface area contributed by atoms with Crippen LogP contribution in [0, 0.1) is 11.6 Å². The molecule has 0 aliphatic carbocycles. The summed E-state index contributed by atoms with van der Waals surface area (Å²) in [6.07, 6.45) is 0.791. The van der Waals surface area contributed by atoms with Crippen LogP contribution in [0.3, 0.4) is 0 Å². The van der Waals surface area contributed by atoms with E-state index >= 15 is 0 Å². The van der Waals surface area contributed by atoms with Crippen molar-refractivity contribution < 1.29 is 13.5 Å². The quantitative estimate of drug-likeness (QED) is 0.672. The SMILES string of the molecule is CCOCCN(CC)CCC(NC)c1cc(F)cc(F)c1. The first-order valence-corrected chi connectivity index (χ1v) is 7.54. The number of nitrogens with one attached hydrogen (secondary N) is 1. The molecule has 0 amide bonds. The van der Waals surface area contributed by atoms with Gasteiger partial charge in [0.25, 0.3) is 0 Å². The molecule has 1 aromatic rings. The van der Waals surface area contributed by atoms with Crippen molar-refractivity contribution in [2.75, 3.05) is 39.9 Å². The molecule has 1 aromatic carbocycles. The zero-order valence-corrected chi connectivity index (χ0v) is 13.2. The van der Waals surface area contributed by atoms with E-state index in [1.165, 1.54) is 12.1 Å². The third-order valence-corrected chi connectivity index (χ3v) is 3.57. The number of hydrogen-bond acceptors (Lipinski definition) is 3. The second kappa shape index (κ2) is 9.82. The van der Waals surface area contributed by atoms with Crippen LogP contribution in [0.1, 0.15) is 31.9 Å². The number of benzene rings is 1. The Morgan fingerprint density at radius 2 is 1.81 bits per heavy atom. The fourth-order valence-corrected chi connectivity index (χ4v) is 2.33. The van der Waals surface area contributed by atoms with E-state index in [0.717, 1.165) is 38.7 Å². The molecule has 0 aromatic heterocycles. The minimum Gasteiger partial charge on any atom is -0.380 e. The lowest BCUT2D eigenvalue weighted by atomic mass is 10.0. The molecule has 1 rings (SSSR count). The molecule has 5 heteroatoms.